The minimum atomic E-state index is -5.08. The summed E-state index contributed by atoms with van der Waals surface area (Å²) in [5.41, 5.74) is 4.07. The highest BCUT2D eigenvalue weighted by Crippen LogP contribution is 2.46. The Morgan fingerprint density at radius 1 is 1.08 bits per heavy atom. The van der Waals surface area contributed by atoms with Crippen LogP contribution in [0.3, 0.4) is 0 Å². The average Bonchev–Trinajstić information content (AvgIpc) is 3.29. The smallest absolute Gasteiger partial charge is 0.475 e. The maximum Gasteiger partial charge on any atom is 0.490 e. The number of carboxylic acid groups (broad SMARTS) is 2. The number of aryl methyl sites for hydroxylation is 1. The van der Waals surface area contributed by atoms with Crippen LogP contribution in [0.15, 0.2) is 23.7 Å². The van der Waals surface area contributed by atoms with Crippen molar-refractivity contribution in [3.05, 3.63) is 40.1 Å². The highest BCUT2D eigenvalue weighted by atomic mass is 32.1. The van der Waals surface area contributed by atoms with Gasteiger partial charge in [-0.05, 0) is 32.9 Å². The molecule has 1 saturated heterocycles. The van der Waals surface area contributed by atoms with Gasteiger partial charge >= 0.3 is 24.3 Å². The lowest BCUT2D eigenvalue weighted by Crippen LogP contribution is -2.61. The number of thiazole rings is 1. The molecule has 1 spiro atoms. The molecule has 2 aromatic heterocycles. The molecular formula is C21H24F6N4O4S. The molecule has 2 aromatic rings. The van der Waals surface area contributed by atoms with E-state index in [9.17, 15) is 26.3 Å². The second kappa shape index (κ2) is 11.0. The summed E-state index contributed by atoms with van der Waals surface area (Å²) < 4.78 is 63.5. The molecule has 0 atom stereocenters. The van der Waals surface area contributed by atoms with Gasteiger partial charge in [-0.3, -0.25) is 9.88 Å². The summed E-state index contributed by atoms with van der Waals surface area (Å²) >= 11 is 1.74. The Morgan fingerprint density at radius 2 is 1.61 bits per heavy atom. The summed E-state index contributed by atoms with van der Waals surface area (Å²) in [7, 11) is 0. The molecule has 36 heavy (non-hydrogen) atoms. The Bertz CT molecular complexity index is 1040. The lowest BCUT2D eigenvalue weighted by molar-refractivity contribution is -0.193. The topological polar surface area (TPSA) is 107 Å². The molecule has 4 heterocycles. The van der Waals surface area contributed by atoms with E-state index in [-0.39, 0.29) is 5.41 Å². The lowest BCUT2D eigenvalue weighted by Gasteiger charge is -2.48. The van der Waals surface area contributed by atoms with Crippen LogP contribution in [0.4, 0.5) is 32.0 Å². The normalized spacial score (nSPS) is 16.4. The zero-order valence-electron chi connectivity index (χ0n) is 19.4. The summed E-state index contributed by atoms with van der Waals surface area (Å²) in [6.45, 7) is 10.9. The SMILES string of the molecule is Cc1nc(CN2CC3(C2)CN(C(C)C)c2cccnc23)cs1.O=C(O)C(F)(F)F.O=C(O)C(F)(F)F. The predicted octanol–water partition coefficient (Wildman–Crippen LogP) is 4.10. The Kier molecular flexibility index (Phi) is 8.94. The summed E-state index contributed by atoms with van der Waals surface area (Å²) in [5, 5.41) is 17.6. The number of carbonyl (C=O) groups is 2. The zero-order valence-corrected chi connectivity index (χ0v) is 20.2. The van der Waals surface area contributed by atoms with Crippen LogP contribution >= 0.6 is 11.3 Å². The molecule has 0 aromatic carbocycles. The molecule has 0 bridgehead atoms. The van der Waals surface area contributed by atoms with E-state index < -0.39 is 24.3 Å². The first-order valence-corrected chi connectivity index (χ1v) is 11.3. The van der Waals surface area contributed by atoms with Gasteiger partial charge in [0, 0.05) is 43.8 Å². The minimum Gasteiger partial charge on any atom is -0.475 e. The van der Waals surface area contributed by atoms with Gasteiger partial charge in [0.15, 0.2) is 0 Å². The molecule has 0 amide bonds. The number of fused-ring (bicyclic) bond motifs is 2. The van der Waals surface area contributed by atoms with Crippen LogP contribution in [0.1, 0.15) is 30.2 Å². The number of pyridine rings is 1. The van der Waals surface area contributed by atoms with E-state index in [1.165, 1.54) is 17.1 Å². The van der Waals surface area contributed by atoms with E-state index in [2.05, 4.69) is 53.1 Å². The number of rotatable bonds is 3. The third kappa shape index (κ3) is 7.29. The Hall–Kier alpha value is -2.94. The number of aromatic nitrogens is 2. The molecule has 200 valence electrons. The first-order chi connectivity index (χ1) is 16.5. The zero-order chi connectivity index (χ0) is 27.5. The van der Waals surface area contributed by atoms with Crippen molar-refractivity contribution in [3.63, 3.8) is 0 Å². The first kappa shape index (κ1) is 29.3. The number of halogens is 6. The average molecular weight is 543 g/mol. The fourth-order valence-corrected chi connectivity index (χ4v) is 4.47. The third-order valence-electron chi connectivity index (χ3n) is 5.28. The molecule has 0 radical (unpaired) electrons. The van der Waals surface area contributed by atoms with Crippen molar-refractivity contribution in [2.24, 2.45) is 0 Å². The van der Waals surface area contributed by atoms with Crippen LogP contribution < -0.4 is 4.90 Å². The van der Waals surface area contributed by atoms with Crippen molar-refractivity contribution >= 4 is 29.0 Å². The van der Waals surface area contributed by atoms with Crippen LogP contribution in [-0.4, -0.2) is 75.0 Å². The van der Waals surface area contributed by atoms with Crippen molar-refractivity contribution in [1.82, 2.24) is 14.9 Å². The molecule has 0 unspecified atom stereocenters. The van der Waals surface area contributed by atoms with Gasteiger partial charge in [0.05, 0.1) is 27.5 Å². The maximum absolute atomic E-state index is 10.6. The molecule has 15 heteroatoms. The fourth-order valence-electron chi connectivity index (χ4n) is 3.87. The second-order valence-corrected chi connectivity index (χ2v) is 9.54. The number of anilines is 1. The number of nitrogens with zero attached hydrogens (tertiary/aromatic N) is 4. The summed E-state index contributed by atoms with van der Waals surface area (Å²) in [6, 6.07) is 4.81. The molecule has 4 rings (SSSR count). The van der Waals surface area contributed by atoms with E-state index in [0.717, 1.165) is 31.2 Å². The maximum atomic E-state index is 10.6. The lowest BCUT2D eigenvalue weighted by atomic mass is 9.78. The van der Waals surface area contributed by atoms with Crippen molar-refractivity contribution in [2.75, 3.05) is 24.5 Å². The van der Waals surface area contributed by atoms with E-state index in [1.807, 2.05) is 6.20 Å². The van der Waals surface area contributed by atoms with E-state index in [4.69, 9.17) is 24.8 Å². The van der Waals surface area contributed by atoms with Gasteiger partial charge < -0.3 is 15.1 Å². The monoisotopic (exact) mass is 542 g/mol. The second-order valence-electron chi connectivity index (χ2n) is 8.48. The Balaban J connectivity index is 0.000000271. The molecule has 1 fully saturated rings. The first-order valence-electron chi connectivity index (χ1n) is 10.4. The molecule has 8 nitrogen and oxygen atoms in total. The van der Waals surface area contributed by atoms with Gasteiger partial charge in [0.25, 0.3) is 0 Å². The van der Waals surface area contributed by atoms with Gasteiger partial charge in [0.1, 0.15) is 0 Å². The van der Waals surface area contributed by atoms with Crippen molar-refractivity contribution in [1.29, 1.82) is 0 Å². The molecule has 0 saturated carbocycles. The van der Waals surface area contributed by atoms with Crippen LogP contribution in [0.5, 0.6) is 0 Å². The van der Waals surface area contributed by atoms with E-state index in [0.29, 0.717) is 6.04 Å². The van der Waals surface area contributed by atoms with E-state index >= 15 is 0 Å². The molecule has 2 aliphatic heterocycles. The minimum absolute atomic E-state index is 0.228. The summed E-state index contributed by atoms with van der Waals surface area (Å²) in [4.78, 5) is 32.1. The standard InChI is InChI=1S/C17H22N4S.2C2HF3O2/c1-12(2)21-11-17(16-15(21)5-4-6-18-16)9-20(10-17)7-14-8-22-13(3)19-14;2*3-2(4,5)1(6)7/h4-6,8,12H,7,9-11H2,1-3H3;2*(H,6,7). The number of hydrogen-bond acceptors (Lipinski definition) is 7. The third-order valence-corrected chi connectivity index (χ3v) is 6.11. The van der Waals surface area contributed by atoms with Gasteiger partial charge in [-0.25, -0.2) is 14.6 Å². The number of alkyl halides is 6. The van der Waals surface area contributed by atoms with Gasteiger partial charge in [-0.2, -0.15) is 26.3 Å². The summed E-state index contributed by atoms with van der Waals surface area (Å²) in [5.74, 6) is -5.51. The van der Waals surface area contributed by atoms with Gasteiger partial charge in [-0.15, -0.1) is 11.3 Å². The quantitative estimate of drug-likeness (QED) is 0.559. The Morgan fingerprint density at radius 3 is 2.03 bits per heavy atom. The molecule has 2 aliphatic rings. The Labute approximate surface area is 206 Å². The van der Waals surface area contributed by atoms with E-state index in [1.54, 1.807) is 11.3 Å². The van der Waals surface area contributed by atoms with Crippen LogP contribution in [0.25, 0.3) is 0 Å². The van der Waals surface area contributed by atoms with Crippen LogP contribution in [0, 0.1) is 6.92 Å². The van der Waals surface area contributed by atoms with Gasteiger partial charge in [-0.1, -0.05) is 0 Å². The number of hydrogen-bond donors (Lipinski definition) is 2. The summed E-state index contributed by atoms with van der Waals surface area (Å²) in [6.07, 6.45) is -8.23. The van der Waals surface area contributed by atoms with Crippen LogP contribution in [0.2, 0.25) is 0 Å². The highest BCUT2D eigenvalue weighted by molar-refractivity contribution is 7.09. The number of aliphatic carboxylic acids is 2. The number of carboxylic acids is 2. The highest BCUT2D eigenvalue weighted by Gasteiger charge is 2.52. The predicted molar refractivity (Wildman–Crippen MR) is 118 cm³/mol. The number of likely N-dealkylation sites (tertiary alicyclic amines) is 1. The van der Waals surface area contributed by atoms with Gasteiger partial charge in [0.2, 0.25) is 0 Å². The largest absolute Gasteiger partial charge is 0.490 e. The van der Waals surface area contributed by atoms with Crippen molar-refractivity contribution in [2.45, 2.75) is 51.1 Å². The van der Waals surface area contributed by atoms with Crippen molar-refractivity contribution in [3.8, 4) is 0 Å². The van der Waals surface area contributed by atoms with Crippen molar-refractivity contribution < 1.29 is 46.1 Å². The molecular weight excluding hydrogens is 518 g/mol. The molecule has 0 aliphatic carbocycles. The molecule has 2 N–H and O–H groups in total. The fraction of sp³-hybridized carbons (Fsp3) is 0.524. The van der Waals surface area contributed by atoms with Crippen LogP contribution in [-0.2, 0) is 21.5 Å².